The molecule has 2 aromatic rings. The Kier molecular flexibility index (Phi) is 9.27. The number of nitrogens with one attached hydrogen (secondary N) is 3. The second kappa shape index (κ2) is 11.7. The second-order valence-corrected chi connectivity index (χ2v) is 7.67. The average molecular weight is 434 g/mol. The first-order chi connectivity index (χ1) is 14.0. The maximum atomic E-state index is 13.6. The van der Waals surface area contributed by atoms with Gasteiger partial charge in [0.2, 0.25) is 5.91 Å². The van der Waals surface area contributed by atoms with E-state index in [0.717, 1.165) is 25.9 Å². The summed E-state index contributed by atoms with van der Waals surface area (Å²) in [6, 6.07) is 13.1. The smallest absolute Gasteiger partial charge is 0.251 e. The zero-order valence-corrected chi connectivity index (χ0v) is 17.9. The van der Waals surface area contributed by atoms with E-state index in [1.54, 1.807) is 42.5 Å². The standard InChI is InChI=1S/C23H28FN3O2.ClH/c1-16(17-10-12-25-13-11-17)14-22(28)27-20-8-6-18(7-9-20)23(29)26-15-19-4-2-3-5-21(19)24;/h2-9,16-17,25H,10-15H2,1H3,(H,26,29)(H,27,28);1H. The Labute approximate surface area is 183 Å². The summed E-state index contributed by atoms with van der Waals surface area (Å²) in [4.78, 5) is 24.6. The Balaban J connectivity index is 0.00000320. The van der Waals surface area contributed by atoms with Gasteiger partial charge in [-0.1, -0.05) is 25.1 Å². The van der Waals surface area contributed by atoms with E-state index >= 15 is 0 Å². The molecule has 0 spiro atoms. The minimum Gasteiger partial charge on any atom is -0.348 e. The summed E-state index contributed by atoms with van der Waals surface area (Å²) in [6.07, 6.45) is 2.73. The van der Waals surface area contributed by atoms with Gasteiger partial charge in [-0.05, 0) is 68.1 Å². The van der Waals surface area contributed by atoms with Crippen LogP contribution in [0.15, 0.2) is 48.5 Å². The molecular formula is C23H29ClFN3O2. The molecule has 0 aromatic heterocycles. The van der Waals surface area contributed by atoms with Gasteiger partial charge in [-0.3, -0.25) is 9.59 Å². The number of carbonyl (C=O) groups is 2. The first-order valence-electron chi connectivity index (χ1n) is 10.1. The van der Waals surface area contributed by atoms with Crippen molar-refractivity contribution in [2.75, 3.05) is 18.4 Å². The van der Waals surface area contributed by atoms with Crippen LogP contribution in [0.2, 0.25) is 0 Å². The molecule has 1 unspecified atom stereocenters. The van der Waals surface area contributed by atoms with Crippen molar-refractivity contribution in [1.82, 2.24) is 10.6 Å². The number of halogens is 2. The van der Waals surface area contributed by atoms with Gasteiger partial charge in [-0.25, -0.2) is 4.39 Å². The van der Waals surface area contributed by atoms with E-state index in [4.69, 9.17) is 0 Å². The van der Waals surface area contributed by atoms with E-state index in [9.17, 15) is 14.0 Å². The van der Waals surface area contributed by atoms with E-state index in [1.165, 1.54) is 6.07 Å². The van der Waals surface area contributed by atoms with Crippen molar-refractivity contribution in [2.24, 2.45) is 11.8 Å². The van der Waals surface area contributed by atoms with Gasteiger partial charge in [0.05, 0.1) is 0 Å². The number of rotatable bonds is 7. The molecule has 3 rings (SSSR count). The van der Waals surface area contributed by atoms with Crippen LogP contribution in [0.3, 0.4) is 0 Å². The highest BCUT2D eigenvalue weighted by Gasteiger charge is 2.22. The Morgan fingerprint density at radius 1 is 1.10 bits per heavy atom. The molecule has 2 amide bonds. The van der Waals surface area contributed by atoms with Gasteiger partial charge in [-0.15, -0.1) is 12.4 Å². The number of amides is 2. The monoisotopic (exact) mass is 433 g/mol. The van der Waals surface area contributed by atoms with E-state index < -0.39 is 0 Å². The highest BCUT2D eigenvalue weighted by molar-refractivity contribution is 5.95. The average Bonchev–Trinajstić information content (AvgIpc) is 2.74. The lowest BCUT2D eigenvalue weighted by Crippen LogP contribution is -2.32. The van der Waals surface area contributed by atoms with Gasteiger partial charge >= 0.3 is 0 Å². The number of hydrogen-bond acceptors (Lipinski definition) is 3. The molecular weight excluding hydrogens is 405 g/mol. The first-order valence-corrected chi connectivity index (χ1v) is 10.1. The summed E-state index contributed by atoms with van der Waals surface area (Å²) >= 11 is 0. The molecule has 162 valence electrons. The molecule has 1 saturated heterocycles. The van der Waals surface area contributed by atoms with E-state index in [1.807, 2.05) is 0 Å². The highest BCUT2D eigenvalue weighted by atomic mass is 35.5. The summed E-state index contributed by atoms with van der Waals surface area (Å²) in [5.41, 5.74) is 1.56. The quantitative estimate of drug-likeness (QED) is 0.614. The molecule has 0 saturated carbocycles. The Bertz CT molecular complexity index is 839. The Morgan fingerprint density at radius 2 is 1.77 bits per heavy atom. The fourth-order valence-corrected chi connectivity index (χ4v) is 3.71. The molecule has 1 aliphatic heterocycles. The molecule has 3 N–H and O–H groups in total. The summed E-state index contributed by atoms with van der Waals surface area (Å²) in [5, 5.41) is 8.96. The van der Waals surface area contributed by atoms with Crippen LogP contribution in [0, 0.1) is 17.7 Å². The third-order valence-corrected chi connectivity index (χ3v) is 5.52. The Hall–Kier alpha value is -2.44. The third-order valence-electron chi connectivity index (χ3n) is 5.52. The van der Waals surface area contributed by atoms with Crippen LogP contribution < -0.4 is 16.0 Å². The van der Waals surface area contributed by atoms with Gasteiger partial charge in [0, 0.05) is 29.8 Å². The maximum Gasteiger partial charge on any atom is 0.251 e. The lowest BCUT2D eigenvalue weighted by Gasteiger charge is -2.27. The van der Waals surface area contributed by atoms with Crippen molar-refractivity contribution in [2.45, 2.75) is 32.7 Å². The highest BCUT2D eigenvalue weighted by Crippen LogP contribution is 2.24. The normalized spacial score (nSPS) is 15.0. The van der Waals surface area contributed by atoms with Crippen molar-refractivity contribution in [3.05, 3.63) is 65.5 Å². The SMILES string of the molecule is CC(CC(=O)Nc1ccc(C(=O)NCc2ccccc2F)cc1)C1CCNCC1.Cl. The Morgan fingerprint density at radius 3 is 2.43 bits per heavy atom. The number of benzene rings is 2. The summed E-state index contributed by atoms with van der Waals surface area (Å²) in [6.45, 7) is 4.31. The van der Waals surface area contributed by atoms with Crippen molar-refractivity contribution in [3.63, 3.8) is 0 Å². The van der Waals surface area contributed by atoms with Crippen LogP contribution in [-0.4, -0.2) is 24.9 Å². The van der Waals surface area contributed by atoms with Crippen LogP contribution in [0.4, 0.5) is 10.1 Å². The second-order valence-electron chi connectivity index (χ2n) is 7.67. The topological polar surface area (TPSA) is 70.2 Å². The zero-order valence-electron chi connectivity index (χ0n) is 17.1. The van der Waals surface area contributed by atoms with Crippen molar-refractivity contribution in [1.29, 1.82) is 0 Å². The first kappa shape index (κ1) is 23.8. The van der Waals surface area contributed by atoms with Gasteiger partial charge in [-0.2, -0.15) is 0 Å². The minimum atomic E-state index is -0.343. The lowest BCUT2D eigenvalue weighted by atomic mass is 9.84. The van der Waals surface area contributed by atoms with Crippen molar-refractivity contribution in [3.8, 4) is 0 Å². The lowest BCUT2D eigenvalue weighted by molar-refractivity contribution is -0.117. The van der Waals surface area contributed by atoms with Crippen molar-refractivity contribution < 1.29 is 14.0 Å². The molecule has 0 radical (unpaired) electrons. The minimum absolute atomic E-state index is 0. The molecule has 1 atom stereocenters. The molecule has 7 heteroatoms. The van der Waals surface area contributed by atoms with E-state index in [0.29, 0.717) is 35.1 Å². The zero-order chi connectivity index (χ0) is 20.6. The fraction of sp³-hybridized carbons (Fsp3) is 0.391. The van der Waals surface area contributed by atoms with Gasteiger partial charge < -0.3 is 16.0 Å². The number of hydrogen-bond donors (Lipinski definition) is 3. The van der Waals surface area contributed by atoms with Gasteiger partial charge in [0.1, 0.15) is 5.82 Å². The maximum absolute atomic E-state index is 13.6. The predicted molar refractivity (Wildman–Crippen MR) is 119 cm³/mol. The van der Waals surface area contributed by atoms with Crippen LogP contribution >= 0.6 is 12.4 Å². The largest absolute Gasteiger partial charge is 0.348 e. The number of carbonyl (C=O) groups excluding carboxylic acids is 2. The van der Waals surface area contributed by atoms with E-state index in [-0.39, 0.29) is 36.6 Å². The molecule has 0 bridgehead atoms. The molecule has 0 aliphatic carbocycles. The molecule has 2 aromatic carbocycles. The number of piperidine rings is 1. The van der Waals surface area contributed by atoms with Crippen LogP contribution in [0.5, 0.6) is 0 Å². The van der Waals surface area contributed by atoms with Gasteiger partial charge in [0.25, 0.3) is 5.91 Å². The summed E-state index contributed by atoms with van der Waals surface area (Å²) < 4.78 is 13.6. The van der Waals surface area contributed by atoms with Crippen LogP contribution in [-0.2, 0) is 11.3 Å². The molecule has 1 heterocycles. The third kappa shape index (κ3) is 6.82. The van der Waals surface area contributed by atoms with Crippen molar-refractivity contribution >= 4 is 29.9 Å². The molecule has 30 heavy (non-hydrogen) atoms. The van der Waals surface area contributed by atoms with Gasteiger partial charge in [0.15, 0.2) is 0 Å². The molecule has 1 aliphatic rings. The van der Waals surface area contributed by atoms with Crippen LogP contribution in [0.25, 0.3) is 0 Å². The fourth-order valence-electron chi connectivity index (χ4n) is 3.71. The molecule has 1 fully saturated rings. The predicted octanol–water partition coefficient (Wildman–Crippen LogP) is 4.14. The summed E-state index contributed by atoms with van der Waals surface area (Å²) in [7, 11) is 0. The van der Waals surface area contributed by atoms with Crippen LogP contribution in [0.1, 0.15) is 42.1 Å². The summed E-state index contributed by atoms with van der Waals surface area (Å²) in [5.74, 6) is 0.297. The molecule has 5 nitrogen and oxygen atoms in total. The van der Waals surface area contributed by atoms with E-state index in [2.05, 4.69) is 22.9 Å². The number of anilines is 1.